The van der Waals surface area contributed by atoms with Gasteiger partial charge in [-0.15, -0.1) is 0 Å². The van der Waals surface area contributed by atoms with E-state index in [0.29, 0.717) is 12.4 Å². The van der Waals surface area contributed by atoms with Crippen LogP contribution in [0.25, 0.3) is 0 Å². The van der Waals surface area contributed by atoms with Crippen LogP contribution in [0.5, 0.6) is 5.75 Å². The zero-order valence-electron chi connectivity index (χ0n) is 12.2. The standard InChI is InChI=1S/C15H18Br2N2O2/c1-4-19-13(15(17)9(2)18-19)8-21-14-6-5-11(16)7-12(14)10(3)20/h5-7,10,20H,4,8H2,1-3H3/t10-/m1/s1. The topological polar surface area (TPSA) is 47.3 Å². The molecule has 114 valence electrons. The van der Waals surface area contributed by atoms with Crippen molar-refractivity contribution < 1.29 is 9.84 Å². The maximum Gasteiger partial charge on any atom is 0.131 e. The molecule has 0 amide bonds. The molecule has 1 N–H and O–H groups in total. The van der Waals surface area contributed by atoms with Crippen LogP contribution in [0, 0.1) is 6.92 Å². The highest BCUT2D eigenvalue weighted by Crippen LogP contribution is 2.30. The fraction of sp³-hybridized carbons (Fsp3) is 0.400. The van der Waals surface area contributed by atoms with Crippen LogP contribution in [0.3, 0.4) is 0 Å². The van der Waals surface area contributed by atoms with E-state index in [1.807, 2.05) is 36.7 Å². The van der Waals surface area contributed by atoms with E-state index in [4.69, 9.17) is 4.74 Å². The Kier molecular flexibility index (Phi) is 5.46. The number of nitrogens with zero attached hydrogens (tertiary/aromatic N) is 2. The lowest BCUT2D eigenvalue weighted by molar-refractivity contribution is 0.189. The fourth-order valence-electron chi connectivity index (χ4n) is 2.13. The molecule has 0 aliphatic carbocycles. The van der Waals surface area contributed by atoms with E-state index < -0.39 is 6.10 Å². The zero-order valence-corrected chi connectivity index (χ0v) is 15.4. The minimum Gasteiger partial charge on any atom is -0.487 e. The van der Waals surface area contributed by atoms with Gasteiger partial charge in [0.05, 0.1) is 22.0 Å². The first-order valence-electron chi connectivity index (χ1n) is 6.76. The fourth-order valence-corrected chi connectivity index (χ4v) is 2.91. The molecule has 0 bridgehead atoms. The Bertz CT molecular complexity index is 639. The Balaban J connectivity index is 2.25. The van der Waals surface area contributed by atoms with Gasteiger partial charge in [-0.1, -0.05) is 15.9 Å². The third-order valence-electron chi connectivity index (χ3n) is 3.24. The second kappa shape index (κ2) is 6.94. The number of aryl methyl sites for hydroxylation is 2. The summed E-state index contributed by atoms with van der Waals surface area (Å²) in [6.45, 7) is 6.92. The lowest BCUT2D eigenvalue weighted by atomic mass is 10.1. The summed E-state index contributed by atoms with van der Waals surface area (Å²) in [6, 6.07) is 5.63. The number of aliphatic hydroxyl groups excluding tert-OH is 1. The first-order valence-corrected chi connectivity index (χ1v) is 8.34. The van der Waals surface area contributed by atoms with Gasteiger partial charge in [0, 0.05) is 16.6 Å². The predicted octanol–water partition coefficient (Wildman–Crippen LogP) is 4.37. The molecule has 0 spiro atoms. The van der Waals surface area contributed by atoms with Crippen molar-refractivity contribution in [3.05, 3.63) is 44.1 Å². The molecule has 0 aliphatic heterocycles. The van der Waals surface area contributed by atoms with Crippen LogP contribution in [0.1, 0.15) is 36.9 Å². The van der Waals surface area contributed by atoms with E-state index in [1.165, 1.54) is 0 Å². The third-order valence-corrected chi connectivity index (χ3v) is 4.76. The molecule has 21 heavy (non-hydrogen) atoms. The number of benzene rings is 1. The molecule has 0 radical (unpaired) electrons. The van der Waals surface area contributed by atoms with Crippen LogP contribution < -0.4 is 4.74 Å². The molecule has 6 heteroatoms. The van der Waals surface area contributed by atoms with Gasteiger partial charge in [0.25, 0.3) is 0 Å². The predicted molar refractivity (Wildman–Crippen MR) is 89.4 cm³/mol. The van der Waals surface area contributed by atoms with E-state index in [1.54, 1.807) is 6.92 Å². The Labute approximate surface area is 141 Å². The van der Waals surface area contributed by atoms with Crippen molar-refractivity contribution >= 4 is 31.9 Å². The molecule has 1 aromatic carbocycles. The highest BCUT2D eigenvalue weighted by molar-refractivity contribution is 9.10. The Hall–Kier alpha value is -0.850. The number of halogens is 2. The Morgan fingerprint density at radius 3 is 2.71 bits per heavy atom. The second-order valence-electron chi connectivity index (χ2n) is 4.81. The van der Waals surface area contributed by atoms with Crippen molar-refractivity contribution in [3.63, 3.8) is 0 Å². The molecule has 1 atom stereocenters. The van der Waals surface area contributed by atoms with Gasteiger partial charge in [0.2, 0.25) is 0 Å². The lowest BCUT2D eigenvalue weighted by Crippen LogP contribution is -2.08. The Morgan fingerprint density at radius 1 is 1.38 bits per heavy atom. The van der Waals surface area contributed by atoms with Gasteiger partial charge in [0.1, 0.15) is 12.4 Å². The summed E-state index contributed by atoms with van der Waals surface area (Å²) in [6.07, 6.45) is -0.584. The van der Waals surface area contributed by atoms with Gasteiger partial charge in [-0.3, -0.25) is 4.68 Å². The third kappa shape index (κ3) is 3.67. The summed E-state index contributed by atoms with van der Waals surface area (Å²) in [5, 5.41) is 14.3. The van der Waals surface area contributed by atoms with Crippen molar-refractivity contribution in [3.8, 4) is 5.75 Å². The summed E-state index contributed by atoms with van der Waals surface area (Å²) in [7, 11) is 0. The van der Waals surface area contributed by atoms with Crippen molar-refractivity contribution in [1.82, 2.24) is 9.78 Å². The van der Waals surface area contributed by atoms with E-state index in [-0.39, 0.29) is 0 Å². The molecule has 1 heterocycles. The summed E-state index contributed by atoms with van der Waals surface area (Å²) in [4.78, 5) is 0. The quantitative estimate of drug-likeness (QED) is 0.785. The molecule has 4 nitrogen and oxygen atoms in total. The smallest absolute Gasteiger partial charge is 0.131 e. The first-order chi connectivity index (χ1) is 9.93. The van der Waals surface area contributed by atoms with E-state index in [9.17, 15) is 5.11 Å². The van der Waals surface area contributed by atoms with Crippen LogP contribution in [0.4, 0.5) is 0 Å². The minimum absolute atomic E-state index is 0.399. The number of aliphatic hydroxyl groups is 1. The van der Waals surface area contributed by atoms with Crippen molar-refractivity contribution in [2.75, 3.05) is 0 Å². The number of hydrogen-bond donors (Lipinski definition) is 1. The SMILES string of the molecule is CCn1nc(C)c(Br)c1COc1ccc(Br)cc1[C@@H](C)O. The molecule has 0 saturated carbocycles. The number of rotatable bonds is 5. The molecular formula is C15H18Br2N2O2. The summed E-state index contributed by atoms with van der Waals surface area (Å²) < 4.78 is 9.71. The van der Waals surface area contributed by atoms with Gasteiger partial charge >= 0.3 is 0 Å². The molecule has 2 aromatic rings. The lowest BCUT2D eigenvalue weighted by Gasteiger charge is -2.14. The van der Waals surface area contributed by atoms with Gasteiger partial charge < -0.3 is 9.84 Å². The van der Waals surface area contributed by atoms with Gasteiger partial charge in [-0.25, -0.2) is 0 Å². The zero-order chi connectivity index (χ0) is 15.6. The molecule has 0 fully saturated rings. The average molecular weight is 418 g/mol. The molecule has 0 aliphatic rings. The average Bonchev–Trinajstić information content (AvgIpc) is 2.72. The molecule has 1 aromatic heterocycles. The molecular weight excluding hydrogens is 400 g/mol. The summed E-state index contributed by atoms with van der Waals surface area (Å²) in [5.74, 6) is 0.682. The van der Waals surface area contributed by atoms with E-state index >= 15 is 0 Å². The monoisotopic (exact) mass is 416 g/mol. The van der Waals surface area contributed by atoms with Gasteiger partial charge in [-0.2, -0.15) is 5.10 Å². The van der Waals surface area contributed by atoms with Gasteiger partial charge in [-0.05, 0) is 54.9 Å². The normalized spacial score (nSPS) is 12.5. The van der Waals surface area contributed by atoms with Crippen LogP contribution >= 0.6 is 31.9 Å². The van der Waals surface area contributed by atoms with Crippen molar-refractivity contribution in [2.45, 2.75) is 40.0 Å². The first kappa shape index (κ1) is 16.5. The molecule has 0 unspecified atom stereocenters. The maximum absolute atomic E-state index is 9.86. The van der Waals surface area contributed by atoms with Crippen LogP contribution in [0.15, 0.2) is 27.1 Å². The summed E-state index contributed by atoms with van der Waals surface area (Å²) in [5.41, 5.74) is 2.70. The highest BCUT2D eigenvalue weighted by Gasteiger charge is 2.15. The van der Waals surface area contributed by atoms with E-state index in [2.05, 4.69) is 37.0 Å². The van der Waals surface area contributed by atoms with Crippen molar-refractivity contribution in [1.29, 1.82) is 0 Å². The molecule has 2 rings (SSSR count). The second-order valence-corrected chi connectivity index (χ2v) is 6.52. The number of ether oxygens (including phenoxy) is 1. The number of hydrogen-bond acceptors (Lipinski definition) is 3. The largest absolute Gasteiger partial charge is 0.487 e. The van der Waals surface area contributed by atoms with Gasteiger partial charge in [0.15, 0.2) is 0 Å². The Morgan fingerprint density at radius 2 is 2.10 bits per heavy atom. The summed E-state index contributed by atoms with van der Waals surface area (Å²) >= 11 is 6.96. The van der Waals surface area contributed by atoms with Crippen LogP contribution in [0.2, 0.25) is 0 Å². The highest BCUT2D eigenvalue weighted by atomic mass is 79.9. The maximum atomic E-state index is 9.86. The minimum atomic E-state index is -0.584. The van der Waals surface area contributed by atoms with Crippen LogP contribution in [-0.2, 0) is 13.2 Å². The van der Waals surface area contributed by atoms with Crippen molar-refractivity contribution in [2.24, 2.45) is 0 Å². The van der Waals surface area contributed by atoms with E-state index in [0.717, 1.165) is 32.4 Å². The number of aromatic nitrogens is 2. The van der Waals surface area contributed by atoms with Crippen LogP contribution in [-0.4, -0.2) is 14.9 Å². The molecule has 0 saturated heterocycles.